The second-order valence-corrected chi connectivity index (χ2v) is 9.07. The third kappa shape index (κ3) is 1.69. The van der Waals surface area contributed by atoms with E-state index in [1.54, 1.807) is 6.33 Å². The van der Waals surface area contributed by atoms with Crippen molar-refractivity contribution in [3.63, 3.8) is 0 Å². The number of aromatic nitrogens is 4. The molecule has 5 heteroatoms. The highest BCUT2D eigenvalue weighted by Gasteiger charge is 2.41. The summed E-state index contributed by atoms with van der Waals surface area (Å²) in [4.78, 5) is 9.16. The van der Waals surface area contributed by atoms with Crippen LogP contribution in [0.25, 0.3) is 60.6 Å². The SMILES string of the molecule is c1cc2c3c(c1)-n1c4ccccc4c4cccc(c41)B3n1c3ncncc3c3cccc-2c31. The smallest absolute Gasteiger partial charge is 0.334 e. The van der Waals surface area contributed by atoms with Gasteiger partial charge in [-0.05, 0) is 28.6 Å². The van der Waals surface area contributed by atoms with Gasteiger partial charge in [0.2, 0.25) is 0 Å². The van der Waals surface area contributed by atoms with Crippen LogP contribution in [0.3, 0.4) is 0 Å². The molecule has 7 aromatic rings. The fourth-order valence-electron chi connectivity index (χ4n) is 6.51. The van der Waals surface area contributed by atoms with Crippen molar-refractivity contribution < 1.29 is 0 Å². The molecule has 0 atom stereocenters. The number of hydrogen-bond acceptors (Lipinski definition) is 2. The first-order valence-electron chi connectivity index (χ1n) is 11.3. The van der Waals surface area contributed by atoms with Gasteiger partial charge in [0.25, 0.3) is 0 Å². The molecule has 0 unspecified atom stereocenters. The topological polar surface area (TPSA) is 35.6 Å². The van der Waals surface area contributed by atoms with Crippen molar-refractivity contribution >= 4 is 61.5 Å². The molecule has 4 nitrogen and oxygen atoms in total. The molecule has 2 aliphatic heterocycles. The zero-order valence-electron chi connectivity index (χ0n) is 17.5. The first kappa shape index (κ1) is 16.3. The predicted octanol–water partition coefficient (Wildman–Crippen LogP) is 4.63. The van der Waals surface area contributed by atoms with Gasteiger partial charge in [-0.2, -0.15) is 0 Å². The van der Waals surface area contributed by atoms with E-state index in [-0.39, 0.29) is 6.85 Å². The Bertz CT molecular complexity index is 2000. The first-order valence-corrected chi connectivity index (χ1v) is 11.3. The van der Waals surface area contributed by atoms with Crippen molar-refractivity contribution in [3.8, 4) is 16.8 Å². The monoisotopic (exact) mass is 418 g/mol. The minimum atomic E-state index is 0.0708. The highest BCUT2D eigenvalue weighted by Crippen LogP contribution is 2.41. The summed E-state index contributed by atoms with van der Waals surface area (Å²) in [7, 11) is 0. The largest absolute Gasteiger partial charge is 0.360 e. The molecule has 2 aliphatic rings. The maximum absolute atomic E-state index is 4.80. The summed E-state index contributed by atoms with van der Waals surface area (Å²) >= 11 is 0. The fourth-order valence-corrected chi connectivity index (χ4v) is 6.51. The molecule has 0 fully saturated rings. The van der Waals surface area contributed by atoms with Crippen molar-refractivity contribution in [1.82, 2.24) is 19.0 Å². The Morgan fingerprint density at radius 3 is 2.42 bits per heavy atom. The van der Waals surface area contributed by atoms with Crippen molar-refractivity contribution in [3.05, 3.63) is 91.4 Å². The Labute approximate surface area is 188 Å². The van der Waals surface area contributed by atoms with Crippen LogP contribution in [0.4, 0.5) is 0 Å². The number of fused-ring (bicyclic) bond motifs is 10. The van der Waals surface area contributed by atoms with Crippen LogP contribution < -0.4 is 10.9 Å². The Kier molecular flexibility index (Phi) is 2.63. The van der Waals surface area contributed by atoms with Crippen LogP contribution in [0.5, 0.6) is 0 Å². The molecule has 0 spiro atoms. The summed E-state index contributed by atoms with van der Waals surface area (Å²) in [6, 6.07) is 28.9. The summed E-state index contributed by atoms with van der Waals surface area (Å²) in [5.41, 5.74) is 11.3. The van der Waals surface area contributed by atoms with E-state index in [4.69, 9.17) is 4.98 Å². The highest BCUT2D eigenvalue weighted by molar-refractivity contribution is 6.90. The summed E-state index contributed by atoms with van der Waals surface area (Å²) in [5, 5.41) is 4.94. The van der Waals surface area contributed by atoms with E-state index >= 15 is 0 Å². The summed E-state index contributed by atoms with van der Waals surface area (Å²) in [5.74, 6) is 0. The Balaban J connectivity index is 1.60. The lowest BCUT2D eigenvalue weighted by Gasteiger charge is -2.33. The Morgan fingerprint density at radius 2 is 1.45 bits per heavy atom. The number of benzene rings is 4. The zero-order valence-corrected chi connectivity index (χ0v) is 17.5. The third-order valence-corrected chi connectivity index (χ3v) is 7.65. The van der Waals surface area contributed by atoms with Gasteiger partial charge in [-0.15, -0.1) is 0 Å². The van der Waals surface area contributed by atoms with E-state index in [0.717, 1.165) is 11.0 Å². The molecule has 3 aromatic heterocycles. The van der Waals surface area contributed by atoms with Crippen LogP contribution in [-0.4, -0.2) is 25.9 Å². The molecule has 4 aromatic carbocycles. The summed E-state index contributed by atoms with van der Waals surface area (Å²) in [6.07, 6.45) is 3.63. The molecule has 0 bridgehead atoms. The molecule has 0 amide bonds. The fraction of sp³-hybridized carbons (Fsp3) is 0. The van der Waals surface area contributed by atoms with Crippen LogP contribution >= 0.6 is 0 Å². The van der Waals surface area contributed by atoms with Crippen LogP contribution in [0.1, 0.15) is 0 Å². The van der Waals surface area contributed by atoms with Crippen LogP contribution in [0.2, 0.25) is 0 Å². The second-order valence-electron chi connectivity index (χ2n) is 9.07. The minimum Gasteiger partial charge on any atom is -0.360 e. The van der Waals surface area contributed by atoms with Gasteiger partial charge in [0, 0.05) is 44.5 Å². The minimum absolute atomic E-state index is 0.0708. The van der Waals surface area contributed by atoms with Crippen LogP contribution in [-0.2, 0) is 0 Å². The van der Waals surface area contributed by atoms with Gasteiger partial charge < -0.3 is 9.05 Å². The lowest BCUT2D eigenvalue weighted by atomic mass is 9.46. The number of rotatable bonds is 0. The average molecular weight is 418 g/mol. The standard InChI is InChI=1S/C28H15BN4/c1-2-12-23-16(6-1)18-10-4-11-22-27(18)32(23)24-13-5-7-17-19-8-3-9-20-21-14-30-15-31-28(21)33(26(19)20)29(22)25(17)24/h1-15H. The Morgan fingerprint density at radius 1 is 0.667 bits per heavy atom. The van der Waals surface area contributed by atoms with E-state index in [2.05, 4.69) is 92.9 Å². The maximum atomic E-state index is 4.80. The van der Waals surface area contributed by atoms with E-state index in [9.17, 15) is 0 Å². The summed E-state index contributed by atoms with van der Waals surface area (Å²) < 4.78 is 4.94. The molecule has 0 aliphatic carbocycles. The quantitative estimate of drug-likeness (QED) is 0.337. The highest BCUT2D eigenvalue weighted by atomic mass is 15.1. The number of nitrogens with zero attached hydrogens (tertiary/aromatic N) is 4. The molecule has 0 saturated carbocycles. The predicted molar refractivity (Wildman–Crippen MR) is 135 cm³/mol. The Hall–Kier alpha value is -4.38. The molecule has 0 saturated heterocycles. The number of hydrogen-bond donors (Lipinski definition) is 0. The molecule has 150 valence electrons. The third-order valence-electron chi connectivity index (χ3n) is 7.65. The molecule has 33 heavy (non-hydrogen) atoms. The van der Waals surface area contributed by atoms with Gasteiger partial charge in [0.15, 0.2) is 0 Å². The molecular formula is C28H15BN4. The summed E-state index contributed by atoms with van der Waals surface area (Å²) in [6.45, 7) is 0.0708. The second kappa shape index (κ2) is 5.33. The van der Waals surface area contributed by atoms with Crippen molar-refractivity contribution in [1.29, 1.82) is 0 Å². The number of para-hydroxylation sites is 3. The van der Waals surface area contributed by atoms with E-state index in [1.807, 2.05) is 6.20 Å². The molecule has 5 heterocycles. The van der Waals surface area contributed by atoms with E-state index in [1.165, 1.54) is 60.4 Å². The van der Waals surface area contributed by atoms with E-state index in [0.29, 0.717) is 0 Å². The molecule has 0 N–H and O–H groups in total. The molecule has 0 radical (unpaired) electrons. The lowest BCUT2D eigenvalue weighted by Crippen LogP contribution is -2.55. The van der Waals surface area contributed by atoms with Gasteiger partial charge >= 0.3 is 6.85 Å². The van der Waals surface area contributed by atoms with Crippen LogP contribution in [0.15, 0.2) is 91.4 Å². The van der Waals surface area contributed by atoms with Crippen molar-refractivity contribution in [2.45, 2.75) is 0 Å². The lowest BCUT2D eigenvalue weighted by molar-refractivity contribution is 1.15. The zero-order chi connectivity index (χ0) is 21.3. The first-order chi connectivity index (χ1) is 16.4. The van der Waals surface area contributed by atoms with Crippen LogP contribution in [0, 0.1) is 0 Å². The average Bonchev–Trinajstić information content (AvgIpc) is 3.39. The van der Waals surface area contributed by atoms with E-state index < -0.39 is 0 Å². The van der Waals surface area contributed by atoms with Gasteiger partial charge in [-0.3, -0.25) is 0 Å². The normalized spacial score (nSPS) is 13.4. The maximum Gasteiger partial charge on any atom is 0.334 e. The molecule has 9 rings (SSSR count). The van der Waals surface area contributed by atoms with Gasteiger partial charge in [-0.25, -0.2) is 9.97 Å². The van der Waals surface area contributed by atoms with Gasteiger partial charge in [0.1, 0.15) is 12.0 Å². The van der Waals surface area contributed by atoms with Gasteiger partial charge in [0.05, 0.1) is 11.0 Å². The van der Waals surface area contributed by atoms with Crippen molar-refractivity contribution in [2.24, 2.45) is 0 Å². The van der Waals surface area contributed by atoms with Gasteiger partial charge in [-0.1, -0.05) is 66.7 Å². The van der Waals surface area contributed by atoms with Crippen molar-refractivity contribution in [2.75, 3.05) is 0 Å². The molecular weight excluding hydrogens is 403 g/mol.